The topological polar surface area (TPSA) is 63.6 Å². The molecule has 0 amide bonds. The zero-order valence-corrected chi connectivity index (χ0v) is 7.66. The smallest absolute Gasteiger partial charge is 0.334 e. The van der Waals surface area contributed by atoms with Crippen molar-refractivity contribution in [2.45, 2.75) is 25.9 Å². The Hall–Kier alpha value is -1.16. The molecule has 0 spiro atoms. The number of carboxylic acid groups (broad SMARTS) is 1. The van der Waals surface area contributed by atoms with Gasteiger partial charge < -0.3 is 14.6 Å². The van der Waals surface area contributed by atoms with Crippen LogP contribution in [0.4, 0.5) is 0 Å². The molecule has 4 nitrogen and oxygen atoms in total. The highest BCUT2D eigenvalue weighted by molar-refractivity contribution is 5.91. The number of rotatable bonds is 7. The Morgan fingerprint density at radius 1 is 1.69 bits per heavy atom. The maximum absolute atomic E-state index is 10.4. The summed E-state index contributed by atoms with van der Waals surface area (Å²) in [5.74, 6) is -1.20. The van der Waals surface area contributed by atoms with Gasteiger partial charge in [-0.3, -0.25) is 0 Å². The lowest BCUT2D eigenvalue weighted by molar-refractivity contribution is -0.135. The number of aldehydes is 1. The van der Waals surface area contributed by atoms with Gasteiger partial charge in [-0.25, -0.2) is 4.79 Å². The fourth-order valence-corrected chi connectivity index (χ4v) is 0.698. The standard InChI is InChI=1S/C9H14O4/c1-3-4-5-13-8(6-10)7(2)9(11)12/h6,8H,2-5H2,1H3,(H,11,12). The van der Waals surface area contributed by atoms with Crippen molar-refractivity contribution >= 4 is 12.3 Å². The maximum atomic E-state index is 10.4. The number of hydrogen-bond donors (Lipinski definition) is 1. The molecule has 0 heterocycles. The highest BCUT2D eigenvalue weighted by Gasteiger charge is 2.17. The van der Waals surface area contributed by atoms with Crippen LogP contribution < -0.4 is 0 Å². The Morgan fingerprint density at radius 2 is 2.31 bits per heavy atom. The lowest BCUT2D eigenvalue weighted by Crippen LogP contribution is -2.22. The Bertz CT molecular complexity index is 198. The zero-order chi connectivity index (χ0) is 10.3. The first-order valence-electron chi connectivity index (χ1n) is 4.12. The molecule has 0 aliphatic rings. The van der Waals surface area contributed by atoms with E-state index in [-0.39, 0.29) is 5.57 Å². The zero-order valence-electron chi connectivity index (χ0n) is 7.66. The molecule has 13 heavy (non-hydrogen) atoms. The second-order valence-corrected chi connectivity index (χ2v) is 2.61. The van der Waals surface area contributed by atoms with Crippen molar-refractivity contribution in [2.24, 2.45) is 0 Å². The van der Waals surface area contributed by atoms with Crippen molar-refractivity contribution in [3.63, 3.8) is 0 Å². The average molecular weight is 186 g/mol. The molecule has 0 aliphatic carbocycles. The highest BCUT2D eigenvalue weighted by Crippen LogP contribution is 2.03. The van der Waals surface area contributed by atoms with Crippen molar-refractivity contribution < 1.29 is 19.4 Å². The summed E-state index contributed by atoms with van der Waals surface area (Å²) in [4.78, 5) is 20.8. The first-order chi connectivity index (χ1) is 6.13. The molecule has 4 heteroatoms. The van der Waals surface area contributed by atoms with Gasteiger partial charge in [0.25, 0.3) is 0 Å². The number of hydrogen-bond acceptors (Lipinski definition) is 3. The van der Waals surface area contributed by atoms with Gasteiger partial charge in [0, 0.05) is 6.61 Å². The maximum Gasteiger partial charge on any atom is 0.334 e. The Labute approximate surface area is 77.2 Å². The number of unbranched alkanes of at least 4 members (excludes halogenated alkanes) is 1. The van der Waals surface area contributed by atoms with E-state index in [4.69, 9.17) is 9.84 Å². The van der Waals surface area contributed by atoms with Crippen LogP contribution in [0.2, 0.25) is 0 Å². The number of carbonyl (C=O) groups is 2. The fraction of sp³-hybridized carbons (Fsp3) is 0.556. The van der Waals surface area contributed by atoms with E-state index >= 15 is 0 Å². The summed E-state index contributed by atoms with van der Waals surface area (Å²) in [6.45, 7) is 5.61. The largest absolute Gasteiger partial charge is 0.478 e. The van der Waals surface area contributed by atoms with E-state index in [1.165, 1.54) is 0 Å². The van der Waals surface area contributed by atoms with Crippen LogP contribution in [0.3, 0.4) is 0 Å². The predicted octanol–water partition coefficient (Wildman–Crippen LogP) is 1.01. The SMILES string of the molecule is C=C(C(=O)O)C(C=O)OCCCC. The van der Waals surface area contributed by atoms with E-state index < -0.39 is 12.1 Å². The summed E-state index contributed by atoms with van der Waals surface area (Å²) >= 11 is 0. The first kappa shape index (κ1) is 11.8. The lowest BCUT2D eigenvalue weighted by Gasteiger charge is -2.10. The third kappa shape index (κ3) is 4.42. The molecule has 1 N–H and O–H groups in total. The monoisotopic (exact) mass is 186 g/mol. The van der Waals surface area contributed by atoms with E-state index in [1.807, 2.05) is 6.92 Å². The van der Waals surface area contributed by atoms with Crippen molar-refractivity contribution in [1.82, 2.24) is 0 Å². The van der Waals surface area contributed by atoms with Crippen LogP contribution >= 0.6 is 0 Å². The molecule has 74 valence electrons. The second-order valence-electron chi connectivity index (χ2n) is 2.61. The third-order valence-corrected chi connectivity index (χ3v) is 1.54. The van der Waals surface area contributed by atoms with Crippen molar-refractivity contribution in [3.8, 4) is 0 Å². The Balaban J connectivity index is 3.95. The molecule has 0 aliphatic heterocycles. The Morgan fingerprint density at radius 3 is 2.69 bits per heavy atom. The normalized spacial score (nSPS) is 12.1. The Kier molecular flexibility index (Phi) is 5.80. The van der Waals surface area contributed by atoms with Crippen LogP contribution in [0.1, 0.15) is 19.8 Å². The molecular weight excluding hydrogens is 172 g/mol. The molecule has 0 aromatic carbocycles. The van der Waals surface area contributed by atoms with Gasteiger partial charge in [0.05, 0.1) is 5.57 Å². The lowest BCUT2D eigenvalue weighted by atomic mass is 10.2. The van der Waals surface area contributed by atoms with Crippen molar-refractivity contribution in [1.29, 1.82) is 0 Å². The molecule has 0 radical (unpaired) electrons. The molecule has 1 atom stereocenters. The molecule has 1 unspecified atom stereocenters. The molecule has 0 bridgehead atoms. The van der Waals surface area contributed by atoms with Crippen LogP contribution in [0, 0.1) is 0 Å². The number of ether oxygens (including phenoxy) is 1. The third-order valence-electron chi connectivity index (χ3n) is 1.54. The van der Waals surface area contributed by atoms with Crippen LogP contribution in [0.25, 0.3) is 0 Å². The van der Waals surface area contributed by atoms with Gasteiger partial charge in [0.1, 0.15) is 6.10 Å². The summed E-state index contributed by atoms with van der Waals surface area (Å²) in [6, 6.07) is 0. The summed E-state index contributed by atoms with van der Waals surface area (Å²) in [7, 11) is 0. The van der Waals surface area contributed by atoms with Crippen LogP contribution in [-0.4, -0.2) is 30.1 Å². The molecule has 0 aromatic rings. The number of carboxylic acids is 1. The minimum absolute atomic E-state index is 0.217. The van der Waals surface area contributed by atoms with Gasteiger partial charge in [-0.15, -0.1) is 0 Å². The first-order valence-corrected chi connectivity index (χ1v) is 4.12. The summed E-state index contributed by atoms with van der Waals surface area (Å²) in [5, 5.41) is 8.50. The molecule has 0 aromatic heterocycles. The van der Waals surface area contributed by atoms with Gasteiger partial charge in [-0.1, -0.05) is 19.9 Å². The van der Waals surface area contributed by atoms with E-state index in [9.17, 15) is 9.59 Å². The van der Waals surface area contributed by atoms with Gasteiger partial charge in [0.2, 0.25) is 0 Å². The average Bonchev–Trinajstić information content (AvgIpc) is 2.11. The van der Waals surface area contributed by atoms with E-state index in [1.54, 1.807) is 0 Å². The van der Waals surface area contributed by atoms with Gasteiger partial charge in [0.15, 0.2) is 6.29 Å². The van der Waals surface area contributed by atoms with Gasteiger partial charge >= 0.3 is 5.97 Å². The van der Waals surface area contributed by atoms with Gasteiger partial charge in [-0.05, 0) is 6.42 Å². The fourth-order valence-electron chi connectivity index (χ4n) is 0.698. The quantitative estimate of drug-likeness (QED) is 0.366. The van der Waals surface area contributed by atoms with Crippen molar-refractivity contribution in [2.75, 3.05) is 6.61 Å². The number of carbonyl (C=O) groups excluding carboxylic acids is 1. The molecule has 0 fully saturated rings. The second kappa shape index (κ2) is 6.37. The minimum atomic E-state index is -1.20. The molecule has 0 saturated heterocycles. The van der Waals surface area contributed by atoms with E-state index in [0.29, 0.717) is 12.9 Å². The summed E-state index contributed by atoms with van der Waals surface area (Å²) in [6.07, 6.45) is 1.18. The molecule has 0 rings (SSSR count). The van der Waals surface area contributed by atoms with E-state index in [2.05, 4.69) is 6.58 Å². The van der Waals surface area contributed by atoms with Crippen LogP contribution in [0.5, 0.6) is 0 Å². The summed E-state index contributed by atoms with van der Waals surface area (Å²) in [5.41, 5.74) is -0.217. The van der Waals surface area contributed by atoms with Crippen molar-refractivity contribution in [3.05, 3.63) is 12.2 Å². The highest BCUT2D eigenvalue weighted by atomic mass is 16.5. The van der Waals surface area contributed by atoms with Gasteiger partial charge in [-0.2, -0.15) is 0 Å². The summed E-state index contributed by atoms with van der Waals surface area (Å²) < 4.78 is 5.01. The molecule has 0 saturated carbocycles. The van der Waals surface area contributed by atoms with Crippen LogP contribution in [-0.2, 0) is 14.3 Å². The van der Waals surface area contributed by atoms with Crippen LogP contribution in [0.15, 0.2) is 12.2 Å². The minimum Gasteiger partial charge on any atom is -0.478 e. The number of aliphatic carboxylic acids is 1. The molecular formula is C9H14O4. The van der Waals surface area contributed by atoms with E-state index in [0.717, 1.165) is 12.8 Å². The predicted molar refractivity (Wildman–Crippen MR) is 47.5 cm³/mol.